The molecule has 0 aromatic carbocycles. The van der Waals surface area contributed by atoms with E-state index in [1.807, 2.05) is 10.6 Å². The van der Waals surface area contributed by atoms with Crippen LogP contribution in [0.1, 0.15) is 5.82 Å². The number of halogens is 1. The normalized spacial score (nSPS) is 14.8. The lowest BCUT2D eigenvalue weighted by atomic mass is 10.3. The van der Waals surface area contributed by atoms with Crippen LogP contribution in [-0.4, -0.2) is 26.4 Å². The van der Waals surface area contributed by atoms with Gasteiger partial charge < -0.3 is 9.30 Å². The van der Waals surface area contributed by atoms with E-state index < -0.39 is 0 Å². The van der Waals surface area contributed by atoms with Gasteiger partial charge in [0, 0.05) is 12.7 Å². The van der Waals surface area contributed by atoms with E-state index in [4.69, 9.17) is 16.3 Å². The fraction of sp³-hybridized carbons (Fsp3) is 0.300. The Hall–Kier alpha value is -1.46. The Morgan fingerprint density at radius 3 is 3.06 bits per heavy atom. The van der Waals surface area contributed by atoms with Crippen molar-refractivity contribution in [1.82, 2.24) is 19.7 Å². The first-order valence-corrected chi connectivity index (χ1v) is 5.34. The second-order valence-electron chi connectivity index (χ2n) is 3.51. The summed E-state index contributed by atoms with van der Waals surface area (Å²) in [5, 5.41) is 8.81. The molecule has 0 saturated heterocycles. The average molecular weight is 237 g/mol. The van der Waals surface area contributed by atoms with Crippen molar-refractivity contribution in [3.8, 4) is 11.5 Å². The molecule has 0 atom stereocenters. The van der Waals surface area contributed by atoms with Gasteiger partial charge in [-0.05, 0) is 12.1 Å². The van der Waals surface area contributed by atoms with Gasteiger partial charge in [0.1, 0.15) is 12.3 Å². The molecule has 0 aliphatic carbocycles. The Balaban J connectivity index is 2.06. The molecule has 1 aliphatic rings. The fourth-order valence-corrected chi connectivity index (χ4v) is 1.81. The summed E-state index contributed by atoms with van der Waals surface area (Å²) in [5.41, 5.74) is 0.782. The third kappa shape index (κ3) is 1.58. The number of hydrogen-bond acceptors (Lipinski definition) is 4. The number of rotatable bonds is 1. The minimum Gasteiger partial charge on any atom is -0.372 e. The summed E-state index contributed by atoms with van der Waals surface area (Å²) in [6, 6.07) is 3.64. The molecule has 0 bridgehead atoms. The summed E-state index contributed by atoms with van der Waals surface area (Å²) < 4.78 is 7.33. The van der Waals surface area contributed by atoms with Gasteiger partial charge in [-0.1, -0.05) is 11.6 Å². The minimum absolute atomic E-state index is 0.514. The molecule has 3 heterocycles. The van der Waals surface area contributed by atoms with Crippen LogP contribution >= 0.6 is 11.6 Å². The first kappa shape index (κ1) is 9.74. The van der Waals surface area contributed by atoms with Gasteiger partial charge in [-0.3, -0.25) is 4.98 Å². The zero-order valence-electron chi connectivity index (χ0n) is 8.43. The van der Waals surface area contributed by atoms with Crippen LogP contribution in [0.4, 0.5) is 0 Å². The van der Waals surface area contributed by atoms with E-state index in [1.165, 1.54) is 0 Å². The number of hydrogen-bond donors (Lipinski definition) is 0. The van der Waals surface area contributed by atoms with E-state index in [0.717, 1.165) is 23.9 Å². The Kier molecular flexibility index (Phi) is 2.34. The van der Waals surface area contributed by atoms with Crippen LogP contribution in [0.3, 0.4) is 0 Å². The fourth-order valence-electron chi connectivity index (χ4n) is 1.69. The van der Waals surface area contributed by atoms with Crippen molar-refractivity contribution in [2.45, 2.75) is 13.2 Å². The van der Waals surface area contributed by atoms with Crippen LogP contribution in [-0.2, 0) is 17.9 Å². The molecule has 2 aromatic heterocycles. The molecule has 0 saturated carbocycles. The van der Waals surface area contributed by atoms with Crippen molar-refractivity contribution in [3.05, 3.63) is 29.2 Å². The van der Waals surface area contributed by atoms with Crippen molar-refractivity contribution < 1.29 is 4.74 Å². The largest absolute Gasteiger partial charge is 0.372 e. The number of ether oxygens (including phenoxy) is 1. The third-order valence-corrected chi connectivity index (χ3v) is 2.70. The van der Waals surface area contributed by atoms with Crippen molar-refractivity contribution in [2.75, 3.05) is 6.61 Å². The topological polar surface area (TPSA) is 52.8 Å². The third-order valence-electron chi connectivity index (χ3n) is 2.47. The maximum Gasteiger partial charge on any atom is 0.182 e. The summed E-state index contributed by atoms with van der Waals surface area (Å²) in [5.74, 6) is 1.62. The molecule has 0 spiro atoms. The minimum atomic E-state index is 0.514. The van der Waals surface area contributed by atoms with Crippen LogP contribution in [0.15, 0.2) is 18.3 Å². The second-order valence-corrected chi connectivity index (χ2v) is 3.94. The van der Waals surface area contributed by atoms with E-state index in [9.17, 15) is 0 Å². The molecule has 0 amide bonds. The highest BCUT2D eigenvalue weighted by Crippen LogP contribution is 2.19. The van der Waals surface area contributed by atoms with Crippen LogP contribution in [0.5, 0.6) is 0 Å². The molecule has 82 valence electrons. The lowest BCUT2D eigenvalue weighted by Gasteiger charge is -2.14. The number of aromatic nitrogens is 4. The van der Waals surface area contributed by atoms with E-state index in [-0.39, 0.29) is 0 Å². The molecule has 3 rings (SSSR count). The maximum atomic E-state index is 5.79. The lowest BCUT2D eigenvalue weighted by molar-refractivity contribution is 0.0820. The molecule has 2 aromatic rings. The summed E-state index contributed by atoms with van der Waals surface area (Å²) in [6.45, 7) is 1.97. The van der Waals surface area contributed by atoms with Gasteiger partial charge in [0.25, 0.3) is 0 Å². The molecule has 16 heavy (non-hydrogen) atoms. The molecule has 6 heteroatoms. The smallest absolute Gasteiger partial charge is 0.182 e. The van der Waals surface area contributed by atoms with E-state index in [2.05, 4.69) is 15.2 Å². The molecule has 5 nitrogen and oxygen atoms in total. The van der Waals surface area contributed by atoms with Gasteiger partial charge in [0.2, 0.25) is 0 Å². The quantitative estimate of drug-likeness (QED) is 0.754. The van der Waals surface area contributed by atoms with Gasteiger partial charge in [-0.25, -0.2) is 0 Å². The molecular formula is C10H9ClN4O. The van der Waals surface area contributed by atoms with Gasteiger partial charge in [-0.2, -0.15) is 0 Å². The number of nitrogens with zero attached hydrogens (tertiary/aromatic N) is 4. The zero-order valence-corrected chi connectivity index (χ0v) is 9.18. The van der Waals surface area contributed by atoms with Gasteiger partial charge in [0.05, 0.1) is 11.6 Å². The van der Waals surface area contributed by atoms with Crippen molar-refractivity contribution in [3.63, 3.8) is 0 Å². The standard InChI is InChI=1S/C10H9ClN4O/c11-7-1-2-8(12-5-7)10-14-13-9-6-16-4-3-15(9)10/h1-2,5H,3-4,6H2. The molecule has 0 fully saturated rings. The molecule has 1 aliphatic heterocycles. The van der Waals surface area contributed by atoms with Crippen LogP contribution < -0.4 is 0 Å². The first-order valence-electron chi connectivity index (χ1n) is 4.96. The Labute approximate surface area is 97.0 Å². The number of fused-ring (bicyclic) bond motifs is 1. The van der Waals surface area contributed by atoms with E-state index >= 15 is 0 Å². The highest BCUT2D eigenvalue weighted by Gasteiger charge is 2.17. The second kappa shape index (κ2) is 3.84. The van der Waals surface area contributed by atoms with Crippen molar-refractivity contribution in [2.24, 2.45) is 0 Å². The van der Waals surface area contributed by atoms with Gasteiger partial charge in [0.15, 0.2) is 11.6 Å². The summed E-state index contributed by atoms with van der Waals surface area (Å²) in [6.07, 6.45) is 1.61. The SMILES string of the molecule is Clc1ccc(-c2nnc3n2CCOC3)nc1. The molecule has 0 radical (unpaired) electrons. The van der Waals surface area contributed by atoms with Crippen LogP contribution in [0, 0.1) is 0 Å². The molecule has 0 unspecified atom stereocenters. The Morgan fingerprint density at radius 2 is 2.25 bits per heavy atom. The Bertz CT molecular complexity index is 508. The van der Waals surface area contributed by atoms with E-state index in [0.29, 0.717) is 18.2 Å². The Morgan fingerprint density at radius 1 is 1.31 bits per heavy atom. The van der Waals surface area contributed by atoms with Crippen LogP contribution in [0.2, 0.25) is 5.02 Å². The van der Waals surface area contributed by atoms with Crippen molar-refractivity contribution >= 4 is 11.6 Å². The molecule has 0 N–H and O–H groups in total. The summed E-state index contributed by atoms with van der Waals surface area (Å²) >= 11 is 5.79. The highest BCUT2D eigenvalue weighted by molar-refractivity contribution is 6.30. The predicted molar refractivity (Wildman–Crippen MR) is 57.9 cm³/mol. The highest BCUT2D eigenvalue weighted by atomic mass is 35.5. The van der Waals surface area contributed by atoms with Crippen LogP contribution in [0.25, 0.3) is 11.5 Å². The monoisotopic (exact) mass is 236 g/mol. The lowest BCUT2D eigenvalue weighted by Crippen LogP contribution is -2.17. The number of pyridine rings is 1. The first-order chi connectivity index (χ1) is 7.84. The predicted octanol–water partition coefficient (Wildman–Crippen LogP) is 1.52. The maximum absolute atomic E-state index is 5.79. The summed E-state index contributed by atoms with van der Waals surface area (Å²) in [7, 11) is 0. The summed E-state index contributed by atoms with van der Waals surface area (Å²) in [4.78, 5) is 4.23. The zero-order chi connectivity index (χ0) is 11.0. The van der Waals surface area contributed by atoms with E-state index in [1.54, 1.807) is 12.3 Å². The molecular weight excluding hydrogens is 228 g/mol. The van der Waals surface area contributed by atoms with Gasteiger partial charge >= 0.3 is 0 Å². The van der Waals surface area contributed by atoms with Gasteiger partial charge in [-0.15, -0.1) is 10.2 Å². The van der Waals surface area contributed by atoms with Crippen molar-refractivity contribution in [1.29, 1.82) is 0 Å². The average Bonchev–Trinajstić information content (AvgIpc) is 2.74.